The van der Waals surface area contributed by atoms with Crippen molar-refractivity contribution >= 4 is 17.5 Å². The number of phenolic OH excluding ortho intramolecular Hbond substituents is 1. The van der Waals surface area contributed by atoms with Crippen molar-refractivity contribution in [3.8, 4) is 16.9 Å². The smallest absolute Gasteiger partial charge is 0.414 e. The maximum atomic E-state index is 14.4. The highest BCUT2D eigenvalue weighted by Gasteiger charge is 2.32. The van der Waals surface area contributed by atoms with Gasteiger partial charge in [0.15, 0.2) is 5.75 Å². The highest BCUT2D eigenvalue weighted by atomic mass is 19.1. The fourth-order valence-electron chi connectivity index (χ4n) is 2.58. The number of halogens is 1. The first-order chi connectivity index (χ1) is 11.9. The van der Waals surface area contributed by atoms with Gasteiger partial charge >= 0.3 is 11.8 Å². The number of hydrogen-bond donors (Lipinski definition) is 2. The Morgan fingerprint density at radius 2 is 2.08 bits per heavy atom. The number of carbonyl (C=O) groups is 1. The molecule has 130 valence electrons. The largest absolute Gasteiger partial charge is 0.502 e. The topological polar surface area (TPSA) is 113 Å². The van der Waals surface area contributed by atoms with Gasteiger partial charge in [-0.25, -0.2) is 9.18 Å². The molecule has 1 heterocycles. The standard InChI is InChI=1S/C16H13FN2O6/c17-13-6-10(18-7-11(8-20)25-16(18)22)2-3-12(13)9-1-4-14(19(23)24)15(21)5-9/h1-6,11,20-21H,7-8H2/t11-/m1/s1. The minimum absolute atomic E-state index is 0.104. The number of benzene rings is 2. The van der Waals surface area contributed by atoms with Crippen LogP contribution in [0.4, 0.5) is 20.6 Å². The van der Waals surface area contributed by atoms with Crippen molar-refractivity contribution in [3.63, 3.8) is 0 Å². The number of aliphatic hydroxyl groups excluding tert-OH is 1. The number of carbonyl (C=O) groups excluding carboxylic acids is 1. The molecule has 0 aliphatic carbocycles. The lowest BCUT2D eigenvalue weighted by atomic mass is 10.0. The molecule has 0 spiro atoms. The van der Waals surface area contributed by atoms with Gasteiger partial charge in [-0.05, 0) is 35.9 Å². The van der Waals surface area contributed by atoms with E-state index in [-0.39, 0.29) is 30.0 Å². The highest BCUT2D eigenvalue weighted by molar-refractivity contribution is 5.90. The molecule has 2 aromatic rings. The summed E-state index contributed by atoms with van der Waals surface area (Å²) in [6, 6.07) is 7.50. The third-order valence-corrected chi connectivity index (χ3v) is 3.83. The highest BCUT2D eigenvalue weighted by Crippen LogP contribution is 2.34. The maximum absolute atomic E-state index is 14.4. The minimum atomic E-state index is -0.741. The number of nitrogens with zero attached hydrogens (tertiary/aromatic N) is 2. The van der Waals surface area contributed by atoms with E-state index in [9.17, 15) is 24.4 Å². The zero-order valence-electron chi connectivity index (χ0n) is 12.8. The fourth-order valence-corrected chi connectivity index (χ4v) is 2.58. The van der Waals surface area contributed by atoms with Gasteiger partial charge in [-0.1, -0.05) is 0 Å². The van der Waals surface area contributed by atoms with E-state index < -0.39 is 34.4 Å². The molecule has 25 heavy (non-hydrogen) atoms. The first kappa shape index (κ1) is 16.7. The van der Waals surface area contributed by atoms with Gasteiger partial charge in [-0.2, -0.15) is 0 Å². The SMILES string of the molecule is O=C1O[C@@H](CO)CN1c1ccc(-c2ccc([N+](=O)[O-])c(O)c2)c(F)c1. The Bertz CT molecular complexity index is 857. The number of cyclic esters (lactones) is 1. The third kappa shape index (κ3) is 3.09. The average Bonchev–Trinajstić information content (AvgIpc) is 2.95. The number of phenols is 1. The van der Waals surface area contributed by atoms with E-state index >= 15 is 0 Å². The number of rotatable bonds is 4. The molecule has 0 bridgehead atoms. The van der Waals surface area contributed by atoms with Crippen LogP contribution in [0.1, 0.15) is 0 Å². The van der Waals surface area contributed by atoms with Crippen LogP contribution >= 0.6 is 0 Å². The van der Waals surface area contributed by atoms with E-state index in [2.05, 4.69) is 0 Å². The second kappa shape index (κ2) is 6.36. The van der Waals surface area contributed by atoms with Crippen molar-refractivity contribution in [2.24, 2.45) is 0 Å². The zero-order chi connectivity index (χ0) is 18.1. The van der Waals surface area contributed by atoms with E-state index in [4.69, 9.17) is 9.84 Å². The molecule has 1 fully saturated rings. The van der Waals surface area contributed by atoms with Crippen LogP contribution in [0, 0.1) is 15.9 Å². The molecule has 1 aliphatic rings. The van der Waals surface area contributed by atoms with Crippen LogP contribution in [0.25, 0.3) is 11.1 Å². The maximum Gasteiger partial charge on any atom is 0.414 e. The Kier molecular flexibility index (Phi) is 4.24. The second-order valence-electron chi connectivity index (χ2n) is 5.42. The molecular weight excluding hydrogens is 335 g/mol. The monoisotopic (exact) mass is 348 g/mol. The van der Waals surface area contributed by atoms with Crippen LogP contribution in [-0.4, -0.2) is 40.5 Å². The van der Waals surface area contributed by atoms with E-state index in [0.717, 1.165) is 18.2 Å². The van der Waals surface area contributed by atoms with Crippen molar-refractivity contribution in [3.05, 3.63) is 52.3 Å². The Labute approximate surface area is 140 Å². The van der Waals surface area contributed by atoms with Crippen LogP contribution < -0.4 is 4.90 Å². The molecule has 1 saturated heterocycles. The lowest BCUT2D eigenvalue weighted by Gasteiger charge is -2.14. The Morgan fingerprint density at radius 1 is 1.32 bits per heavy atom. The zero-order valence-corrected chi connectivity index (χ0v) is 12.8. The quantitative estimate of drug-likeness (QED) is 0.648. The molecule has 8 nitrogen and oxygen atoms in total. The van der Waals surface area contributed by atoms with Crippen LogP contribution in [0.2, 0.25) is 0 Å². The number of nitro benzene ring substituents is 1. The van der Waals surface area contributed by atoms with Crippen molar-refractivity contribution < 1.29 is 29.1 Å². The Morgan fingerprint density at radius 3 is 2.64 bits per heavy atom. The molecule has 1 amide bonds. The fraction of sp³-hybridized carbons (Fsp3) is 0.188. The number of aromatic hydroxyl groups is 1. The van der Waals surface area contributed by atoms with Gasteiger partial charge in [0.1, 0.15) is 11.9 Å². The lowest BCUT2D eigenvalue weighted by molar-refractivity contribution is -0.385. The van der Waals surface area contributed by atoms with Crippen molar-refractivity contribution in [1.29, 1.82) is 0 Å². The third-order valence-electron chi connectivity index (χ3n) is 3.83. The minimum Gasteiger partial charge on any atom is -0.502 e. The average molecular weight is 348 g/mol. The van der Waals surface area contributed by atoms with Gasteiger partial charge in [-0.3, -0.25) is 15.0 Å². The molecule has 0 saturated carbocycles. The summed E-state index contributed by atoms with van der Waals surface area (Å²) < 4.78 is 19.3. The van der Waals surface area contributed by atoms with Crippen molar-refractivity contribution in [2.75, 3.05) is 18.1 Å². The second-order valence-corrected chi connectivity index (χ2v) is 5.42. The van der Waals surface area contributed by atoms with E-state index in [1.165, 1.54) is 23.1 Å². The number of amides is 1. The van der Waals surface area contributed by atoms with Gasteiger partial charge < -0.3 is 14.9 Å². The van der Waals surface area contributed by atoms with Gasteiger partial charge in [0.25, 0.3) is 0 Å². The molecule has 2 aromatic carbocycles. The summed E-state index contributed by atoms with van der Waals surface area (Å²) in [5.74, 6) is -1.24. The summed E-state index contributed by atoms with van der Waals surface area (Å²) in [7, 11) is 0. The molecule has 0 radical (unpaired) electrons. The summed E-state index contributed by atoms with van der Waals surface area (Å²) >= 11 is 0. The summed E-state index contributed by atoms with van der Waals surface area (Å²) in [4.78, 5) is 22.9. The molecule has 1 aliphatic heterocycles. The Hall–Kier alpha value is -3.20. The van der Waals surface area contributed by atoms with E-state index in [1.807, 2.05) is 0 Å². The van der Waals surface area contributed by atoms with Crippen LogP contribution in [-0.2, 0) is 4.74 Å². The lowest BCUT2D eigenvalue weighted by Crippen LogP contribution is -2.25. The number of anilines is 1. The molecule has 3 rings (SSSR count). The van der Waals surface area contributed by atoms with E-state index in [1.54, 1.807) is 0 Å². The molecular formula is C16H13FN2O6. The first-order valence-corrected chi connectivity index (χ1v) is 7.27. The van der Waals surface area contributed by atoms with Crippen molar-refractivity contribution in [2.45, 2.75) is 6.10 Å². The van der Waals surface area contributed by atoms with Crippen LogP contribution in [0.5, 0.6) is 5.75 Å². The molecule has 1 atom stereocenters. The van der Waals surface area contributed by atoms with Crippen molar-refractivity contribution in [1.82, 2.24) is 0 Å². The van der Waals surface area contributed by atoms with Gasteiger partial charge in [0, 0.05) is 11.6 Å². The summed E-state index contributed by atoms with van der Waals surface area (Å²) in [6.07, 6.45) is -1.35. The van der Waals surface area contributed by atoms with Crippen LogP contribution in [0.15, 0.2) is 36.4 Å². The van der Waals surface area contributed by atoms with Crippen LogP contribution in [0.3, 0.4) is 0 Å². The van der Waals surface area contributed by atoms with E-state index in [0.29, 0.717) is 0 Å². The predicted molar refractivity (Wildman–Crippen MR) is 84.9 cm³/mol. The predicted octanol–water partition coefficient (Wildman–Crippen LogP) is 2.42. The number of aliphatic hydroxyl groups is 1. The number of hydrogen-bond acceptors (Lipinski definition) is 6. The summed E-state index contributed by atoms with van der Waals surface area (Å²) in [5.41, 5.74) is 0.147. The molecule has 2 N–H and O–H groups in total. The normalized spacial score (nSPS) is 16.8. The number of nitro groups is 1. The molecule has 0 aromatic heterocycles. The van der Waals surface area contributed by atoms with Gasteiger partial charge in [-0.15, -0.1) is 0 Å². The molecule has 0 unspecified atom stereocenters. The first-order valence-electron chi connectivity index (χ1n) is 7.27. The molecule has 9 heteroatoms. The number of ether oxygens (including phenoxy) is 1. The Balaban J connectivity index is 1.92. The van der Waals surface area contributed by atoms with Gasteiger partial charge in [0.05, 0.1) is 23.8 Å². The summed E-state index contributed by atoms with van der Waals surface area (Å²) in [5, 5.41) is 29.4. The van der Waals surface area contributed by atoms with Gasteiger partial charge in [0.2, 0.25) is 0 Å². The summed E-state index contributed by atoms with van der Waals surface area (Å²) in [6.45, 7) is -0.225.